The van der Waals surface area contributed by atoms with Gasteiger partial charge in [0.1, 0.15) is 11.3 Å². The molecule has 0 spiro atoms. The van der Waals surface area contributed by atoms with Crippen molar-refractivity contribution in [3.05, 3.63) is 87.8 Å². The summed E-state index contributed by atoms with van der Waals surface area (Å²) in [4.78, 5) is 31.1. The van der Waals surface area contributed by atoms with Gasteiger partial charge in [0.05, 0.1) is 30.4 Å². The lowest BCUT2D eigenvalue weighted by molar-refractivity contribution is 0.102. The number of nitrogens with one attached hydrogen (secondary N) is 2. The van der Waals surface area contributed by atoms with E-state index in [1.54, 1.807) is 68.3 Å². The summed E-state index contributed by atoms with van der Waals surface area (Å²) in [7, 11) is 3.22. The Balaban J connectivity index is 1.97. The number of hydrogen-bond donors (Lipinski definition) is 2. The van der Waals surface area contributed by atoms with Gasteiger partial charge in [0.2, 0.25) is 5.76 Å². The number of aryl methyl sites for hydroxylation is 1. The van der Waals surface area contributed by atoms with Crippen LogP contribution in [0.2, 0.25) is 0 Å². The van der Waals surface area contributed by atoms with Crippen LogP contribution in [0.25, 0.3) is 16.5 Å². The molecule has 1 amide bonds. The molecule has 4 N–H and O–H groups in total. The summed E-state index contributed by atoms with van der Waals surface area (Å²) in [6.45, 7) is 3.34. The molecule has 10 nitrogen and oxygen atoms in total. The van der Waals surface area contributed by atoms with Crippen LogP contribution in [0.5, 0.6) is 5.75 Å². The van der Waals surface area contributed by atoms with Crippen LogP contribution < -0.4 is 15.6 Å². The topological polar surface area (TPSA) is 138 Å². The van der Waals surface area contributed by atoms with Gasteiger partial charge in [0.25, 0.3) is 11.5 Å². The maximum Gasteiger partial charge on any atom is 0.264 e. The highest BCUT2D eigenvalue weighted by molar-refractivity contribution is 6.23. The Hall–Kier alpha value is -4.73. The fraction of sp³-hybridized carbons (Fsp3) is 0.192. The van der Waals surface area contributed by atoms with Crippen molar-refractivity contribution < 1.29 is 14.6 Å². The van der Waals surface area contributed by atoms with E-state index < -0.39 is 11.5 Å². The summed E-state index contributed by atoms with van der Waals surface area (Å²) >= 11 is 0. The molecule has 4 aromatic rings. The number of benzene rings is 1. The van der Waals surface area contributed by atoms with Crippen molar-refractivity contribution in [1.82, 2.24) is 19.3 Å². The number of carbonyl (C=O) groups is 1. The third-order valence-corrected chi connectivity index (χ3v) is 5.68. The zero-order valence-electron chi connectivity index (χ0n) is 20.4. The Morgan fingerprint density at radius 2 is 1.92 bits per heavy atom. The van der Waals surface area contributed by atoms with Crippen LogP contribution in [0.1, 0.15) is 35.5 Å². The number of nitrogens with zero attached hydrogens (tertiary/aromatic N) is 4. The molecule has 10 heteroatoms. The quantitative estimate of drug-likeness (QED) is 0.234. The number of hydrogen-bond acceptors (Lipinski definition) is 6. The lowest BCUT2D eigenvalue weighted by Gasteiger charge is -2.17. The molecule has 0 atom stereocenters. The fourth-order valence-electron chi connectivity index (χ4n) is 4.10. The molecule has 36 heavy (non-hydrogen) atoms. The van der Waals surface area contributed by atoms with E-state index in [0.717, 1.165) is 0 Å². The number of anilines is 1. The second-order valence-corrected chi connectivity index (χ2v) is 8.34. The molecule has 0 aliphatic carbocycles. The van der Waals surface area contributed by atoms with E-state index >= 15 is 0 Å². The monoisotopic (exact) mass is 487 g/mol. The first kappa shape index (κ1) is 24.4. The van der Waals surface area contributed by atoms with Gasteiger partial charge < -0.3 is 25.1 Å². The normalized spacial score (nSPS) is 11.8. The zero-order chi connectivity index (χ0) is 26.0. The first-order valence-corrected chi connectivity index (χ1v) is 11.1. The van der Waals surface area contributed by atoms with Gasteiger partial charge >= 0.3 is 0 Å². The Kier molecular flexibility index (Phi) is 6.69. The number of methoxy groups -OCH3 is 1. The molecule has 0 radical (unpaired) electrons. The summed E-state index contributed by atoms with van der Waals surface area (Å²) in [5.74, 6) is 0.345. The van der Waals surface area contributed by atoms with Crippen LogP contribution in [-0.4, -0.2) is 43.2 Å². The number of fused-ring (bicyclic) bond motifs is 1. The molecule has 0 saturated carbocycles. The Morgan fingerprint density at radius 1 is 1.17 bits per heavy atom. The van der Waals surface area contributed by atoms with E-state index in [4.69, 9.17) is 15.3 Å². The largest absolute Gasteiger partial charge is 0.596 e. The van der Waals surface area contributed by atoms with Crippen LogP contribution in [0, 0.1) is 5.41 Å². The number of carbonyl (C=O) groups excluding carboxylic acids is 1. The minimum absolute atomic E-state index is 0.0695. The van der Waals surface area contributed by atoms with E-state index in [-0.39, 0.29) is 23.6 Å². The highest BCUT2D eigenvalue weighted by atomic mass is 16.5. The molecule has 3 heterocycles. The van der Waals surface area contributed by atoms with Gasteiger partial charge in [-0.2, -0.15) is 5.10 Å². The van der Waals surface area contributed by atoms with Crippen molar-refractivity contribution in [3.8, 4) is 5.75 Å². The molecule has 0 fully saturated rings. The third-order valence-electron chi connectivity index (χ3n) is 5.68. The highest BCUT2D eigenvalue weighted by Gasteiger charge is 2.22. The second kappa shape index (κ2) is 9.87. The molecular weight excluding hydrogens is 460 g/mol. The molecule has 4 rings (SSSR count). The number of rotatable bonds is 7. The molecule has 1 aromatic carbocycles. The fourth-order valence-corrected chi connectivity index (χ4v) is 4.10. The van der Waals surface area contributed by atoms with Crippen molar-refractivity contribution in [2.45, 2.75) is 20.4 Å². The van der Waals surface area contributed by atoms with Crippen molar-refractivity contribution in [2.24, 2.45) is 7.05 Å². The van der Waals surface area contributed by atoms with E-state index in [9.17, 15) is 9.59 Å². The Labute approximate surface area is 207 Å². The first-order valence-electron chi connectivity index (χ1n) is 11.1. The van der Waals surface area contributed by atoms with Crippen LogP contribution >= 0.6 is 0 Å². The van der Waals surface area contributed by atoms with Crippen LogP contribution in [0.4, 0.5) is 5.82 Å². The summed E-state index contributed by atoms with van der Waals surface area (Å²) in [6, 6.07) is 12.0. The van der Waals surface area contributed by atoms with Crippen molar-refractivity contribution >= 4 is 33.9 Å². The molecule has 0 saturated heterocycles. The zero-order valence-corrected chi connectivity index (χ0v) is 20.4. The van der Waals surface area contributed by atoms with E-state index in [1.165, 1.54) is 17.7 Å². The molecule has 0 unspecified atom stereocenters. The summed E-state index contributed by atoms with van der Waals surface area (Å²) in [6.07, 6.45) is 3.32. The van der Waals surface area contributed by atoms with Gasteiger partial charge in [0.15, 0.2) is 5.82 Å². The number of amides is 1. The number of allylic oxidation sites excluding steroid dienone is 2. The van der Waals surface area contributed by atoms with Crippen molar-refractivity contribution in [3.63, 3.8) is 0 Å². The van der Waals surface area contributed by atoms with Gasteiger partial charge in [-0.1, -0.05) is 6.07 Å². The average molecular weight is 488 g/mol. The minimum atomic E-state index is -0.594. The highest BCUT2D eigenvalue weighted by Crippen LogP contribution is 2.33. The SMILES string of the molecule is COc1cc2c(cc1/C(C(C)=N)=C(\C)[OH2+])cc(C(=O)Nc1ccn(C)n1)c(=O)n2Cc1ccccn1. The number of aromatic nitrogens is 4. The summed E-state index contributed by atoms with van der Waals surface area (Å²) in [5, 5.41) is 23.8. The van der Waals surface area contributed by atoms with E-state index in [2.05, 4.69) is 15.4 Å². The van der Waals surface area contributed by atoms with Gasteiger partial charge in [-0.25, -0.2) is 0 Å². The molecule has 0 bridgehead atoms. The van der Waals surface area contributed by atoms with Gasteiger partial charge in [-0.15, -0.1) is 0 Å². The number of ether oxygens (including phenoxy) is 1. The predicted octanol–water partition coefficient (Wildman–Crippen LogP) is 2.93. The second-order valence-electron chi connectivity index (χ2n) is 8.34. The van der Waals surface area contributed by atoms with E-state index in [1.807, 2.05) is 6.07 Å². The lowest BCUT2D eigenvalue weighted by atomic mass is 9.97. The van der Waals surface area contributed by atoms with Gasteiger partial charge in [0, 0.05) is 55.2 Å². The standard InChI is InChI=1S/C26H26N6O4/c1-15(27)24(16(2)33)19-11-17-12-20(25(34)29-23-8-10-31(3)30-23)26(35)32(21(17)13-22(19)36-4)14-18-7-5-6-9-28-18/h5-13,27,33H,14H2,1-4H3,(H,29,30,34)/p+1/b24-16+,27-15?. The first-order chi connectivity index (χ1) is 17.2. The predicted molar refractivity (Wildman–Crippen MR) is 139 cm³/mol. The molecule has 184 valence electrons. The third kappa shape index (κ3) is 4.74. The molecule has 0 aliphatic heterocycles. The van der Waals surface area contributed by atoms with E-state index in [0.29, 0.717) is 39.3 Å². The van der Waals surface area contributed by atoms with Crippen molar-refractivity contribution in [1.29, 1.82) is 5.41 Å². The molecule has 0 aliphatic rings. The Bertz CT molecular complexity index is 1560. The van der Waals surface area contributed by atoms with Gasteiger partial charge in [-0.3, -0.25) is 19.3 Å². The molecular formula is C26H27N6O4+. The maximum absolute atomic E-state index is 13.6. The van der Waals surface area contributed by atoms with Gasteiger partial charge in [-0.05, 0) is 31.2 Å². The van der Waals surface area contributed by atoms with Crippen LogP contribution in [-0.2, 0) is 13.6 Å². The average Bonchev–Trinajstić information content (AvgIpc) is 3.24. The van der Waals surface area contributed by atoms with Crippen molar-refractivity contribution in [2.75, 3.05) is 12.4 Å². The number of pyridine rings is 2. The van der Waals surface area contributed by atoms with Crippen LogP contribution in [0.3, 0.4) is 0 Å². The molecule has 3 aromatic heterocycles. The lowest BCUT2D eigenvalue weighted by Crippen LogP contribution is -2.30. The van der Waals surface area contributed by atoms with Crippen LogP contribution in [0.15, 0.2) is 65.4 Å². The maximum atomic E-state index is 13.6. The smallest absolute Gasteiger partial charge is 0.264 e. The summed E-state index contributed by atoms with van der Waals surface area (Å²) < 4.78 is 8.63. The minimum Gasteiger partial charge on any atom is -0.596 e. The Morgan fingerprint density at radius 3 is 2.50 bits per heavy atom. The summed E-state index contributed by atoms with van der Waals surface area (Å²) in [5.41, 5.74) is 1.76.